The predicted molar refractivity (Wildman–Crippen MR) is 62.7 cm³/mol. The molecule has 3 nitrogen and oxygen atoms in total. The SMILES string of the molecule is CNC(=O)CCNC1CC(C)(C)CC1C. The minimum absolute atomic E-state index is 0.118. The zero-order chi connectivity index (χ0) is 11.5. The highest BCUT2D eigenvalue weighted by Crippen LogP contribution is 2.40. The number of hydrogen-bond acceptors (Lipinski definition) is 2. The van der Waals surface area contributed by atoms with Gasteiger partial charge in [0.2, 0.25) is 5.91 Å². The maximum absolute atomic E-state index is 11.0. The fourth-order valence-corrected chi connectivity index (χ4v) is 2.66. The smallest absolute Gasteiger partial charge is 0.221 e. The fourth-order valence-electron chi connectivity index (χ4n) is 2.66. The summed E-state index contributed by atoms with van der Waals surface area (Å²) in [6.07, 6.45) is 3.09. The molecule has 2 atom stereocenters. The summed E-state index contributed by atoms with van der Waals surface area (Å²) >= 11 is 0. The first-order valence-corrected chi connectivity index (χ1v) is 5.88. The van der Waals surface area contributed by atoms with Gasteiger partial charge < -0.3 is 10.6 Å². The molecule has 3 heteroatoms. The number of hydrogen-bond donors (Lipinski definition) is 2. The average Bonchev–Trinajstić information content (AvgIpc) is 2.39. The van der Waals surface area contributed by atoms with Crippen molar-refractivity contribution >= 4 is 5.91 Å². The maximum atomic E-state index is 11.0. The summed E-state index contributed by atoms with van der Waals surface area (Å²) in [4.78, 5) is 11.0. The normalized spacial score (nSPS) is 29.1. The Morgan fingerprint density at radius 1 is 1.40 bits per heavy atom. The number of nitrogens with one attached hydrogen (secondary N) is 2. The molecule has 0 aromatic carbocycles. The van der Waals surface area contributed by atoms with Gasteiger partial charge in [0, 0.05) is 26.1 Å². The molecular formula is C12H24N2O. The third-order valence-corrected chi connectivity index (χ3v) is 3.37. The molecule has 1 rings (SSSR count). The van der Waals surface area contributed by atoms with E-state index in [0.717, 1.165) is 12.5 Å². The highest BCUT2D eigenvalue weighted by molar-refractivity contribution is 5.75. The molecule has 0 spiro atoms. The minimum atomic E-state index is 0.118. The van der Waals surface area contributed by atoms with Crippen molar-refractivity contribution in [1.82, 2.24) is 10.6 Å². The summed E-state index contributed by atoms with van der Waals surface area (Å²) in [7, 11) is 1.68. The lowest BCUT2D eigenvalue weighted by Crippen LogP contribution is -2.34. The molecule has 0 aromatic rings. The van der Waals surface area contributed by atoms with Crippen LogP contribution in [-0.2, 0) is 4.79 Å². The molecule has 1 aliphatic carbocycles. The van der Waals surface area contributed by atoms with E-state index in [2.05, 4.69) is 31.4 Å². The van der Waals surface area contributed by atoms with E-state index >= 15 is 0 Å². The molecule has 0 aliphatic heterocycles. The molecule has 1 aliphatic rings. The first-order valence-electron chi connectivity index (χ1n) is 5.88. The molecule has 15 heavy (non-hydrogen) atoms. The molecule has 0 aromatic heterocycles. The molecule has 0 heterocycles. The van der Waals surface area contributed by atoms with Crippen molar-refractivity contribution in [3.05, 3.63) is 0 Å². The topological polar surface area (TPSA) is 41.1 Å². The number of carbonyl (C=O) groups excluding carboxylic acids is 1. The molecule has 1 saturated carbocycles. The molecule has 0 saturated heterocycles. The summed E-state index contributed by atoms with van der Waals surface area (Å²) in [5, 5.41) is 6.13. The number of amides is 1. The third-order valence-electron chi connectivity index (χ3n) is 3.37. The lowest BCUT2D eigenvalue weighted by atomic mass is 9.91. The van der Waals surface area contributed by atoms with E-state index in [-0.39, 0.29) is 5.91 Å². The first kappa shape index (κ1) is 12.5. The Hall–Kier alpha value is -0.570. The molecule has 1 fully saturated rings. The Bertz CT molecular complexity index is 226. The number of rotatable bonds is 4. The minimum Gasteiger partial charge on any atom is -0.359 e. The second-order valence-corrected chi connectivity index (χ2v) is 5.53. The number of carbonyl (C=O) groups is 1. The van der Waals surface area contributed by atoms with Crippen molar-refractivity contribution in [2.24, 2.45) is 11.3 Å². The van der Waals surface area contributed by atoms with Crippen LogP contribution < -0.4 is 10.6 Å². The highest BCUT2D eigenvalue weighted by atomic mass is 16.1. The van der Waals surface area contributed by atoms with E-state index in [4.69, 9.17) is 0 Å². The zero-order valence-corrected chi connectivity index (χ0v) is 10.4. The Kier molecular flexibility index (Phi) is 4.14. The maximum Gasteiger partial charge on any atom is 0.221 e. The highest BCUT2D eigenvalue weighted by Gasteiger charge is 2.36. The van der Waals surface area contributed by atoms with Gasteiger partial charge in [0.1, 0.15) is 0 Å². The van der Waals surface area contributed by atoms with Crippen molar-refractivity contribution in [3.8, 4) is 0 Å². The molecule has 2 N–H and O–H groups in total. The lowest BCUT2D eigenvalue weighted by Gasteiger charge is -2.18. The Morgan fingerprint density at radius 2 is 2.07 bits per heavy atom. The summed E-state index contributed by atoms with van der Waals surface area (Å²) in [5.74, 6) is 0.845. The van der Waals surface area contributed by atoms with Crippen LogP contribution in [0.3, 0.4) is 0 Å². The van der Waals surface area contributed by atoms with E-state index in [0.29, 0.717) is 17.9 Å². The van der Waals surface area contributed by atoms with Gasteiger partial charge in [-0.2, -0.15) is 0 Å². The van der Waals surface area contributed by atoms with Crippen molar-refractivity contribution in [2.75, 3.05) is 13.6 Å². The first-order chi connectivity index (χ1) is 6.94. The van der Waals surface area contributed by atoms with Crippen LogP contribution in [-0.4, -0.2) is 25.5 Å². The van der Waals surface area contributed by atoms with Gasteiger partial charge in [-0.05, 0) is 24.2 Å². The van der Waals surface area contributed by atoms with Crippen molar-refractivity contribution in [2.45, 2.75) is 46.1 Å². The van der Waals surface area contributed by atoms with Gasteiger partial charge in [-0.3, -0.25) is 4.79 Å². The molecule has 0 radical (unpaired) electrons. The van der Waals surface area contributed by atoms with Crippen molar-refractivity contribution in [3.63, 3.8) is 0 Å². The van der Waals surface area contributed by atoms with Gasteiger partial charge in [-0.1, -0.05) is 20.8 Å². The van der Waals surface area contributed by atoms with E-state index in [1.165, 1.54) is 12.8 Å². The van der Waals surface area contributed by atoms with Crippen LogP contribution in [0.2, 0.25) is 0 Å². The van der Waals surface area contributed by atoms with Gasteiger partial charge in [-0.25, -0.2) is 0 Å². The average molecular weight is 212 g/mol. The molecule has 88 valence electrons. The van der Waals surface area contributed by atoms with Crippen LogP contribution in [0.15, 0.2) is 0 Å². The second-order valence-electron chi connectivity index (χ2n) is 5.53. The molecular weight excluding hydrogens is 188 g/mol. The molecule has 1 amide bonds. The molecule has 0 bridgehead atoms. The summed E-state index contributed by atoms with van der Waals surface area (Å²) in [6, 6.07) is 0.588. The Morgan fingerprint density at radius 3 is 2.53 bits per heavy atom. The van der Waals surface area contributed by atoms with E-state index in [1.54, 1.807) is 7.05 Å². The zero-order valence-electron chi connectivity index (χ0n) is 10.4. The van der Waals surface area contributed by atoms with Crippen LogP contribution in [0.5, 0.6) is 0 Å². The van der Waals surface area contributed by atoms with Crippen molar-refractivity contribution in [1.29, 1.82) is 0 Å². The van der Waals surface area contributed by atoms with Crippen LogP contribution in [0, 0.1) is 11.3 Å². The van der Waals surface area contributed by atoms with Crippen molar-refractivity contribution < 1.29 is 4.79 Å². The monoisotopic (exact) mass is 212 g/mol. The van der Waals surface area contributed by atoms with Gasteiger partial charge in [0.05, 0.1) is 0 Å². The van der Waals surface area contributed by atoms with Crippen LogP contribution in [0.25, 0.3) is 0 Å². The Balaban J connectivity index is 2.25. The summed E-state index contributed by atoms with van der Waals surface area (Å²) in [5.41, 5.74) is 0.462. The van der Waals surface area contributed by atoms with E-state index < -0.39 is 0 Å². The van der Waals surface area contributed by atoms with Gasteiger partial charge in [0.15, 0.2) is 0 Å². The standard InChI is InChI=1S/C12H24N2O/c1-9-7-12(2,3)8-10(9)14-6-5-11(15)13-4/h9-10,14H,5-8H2,1-4H3,(H,13,15). The summed E-state index contributed by atoms with van der Waals surface area (Å²) < 4.78 is 0. The van der Waals surface area contributed by atoms with Crippen LogP contribution >= 0.6 is 0 Å². The van der Waals surface area contributed by atoms with E-state index in [1.807, 2.05) is 0 Å². The van der Waals surface area contributed by atoms with E-state index in [9.17, 15) is 4.79 Å². The Labute approximate surface area is 93.0 Å². The van der Waals surface area contributed by atoms with Gasteiger partial charge >= 0.3 is 0 Å². The van der Waals surface area contributed by atoms with Gasteiger partial charge in [-0.15, -0.1) is 0 Å². The predicted octanol–water partition coefficient (Wildman–Crippen LogP) is 1.54. The van der Waals surface area contributed by atoms with Crippen LogP contribution in [0.1, 0.15) is 40.0 Å². The largest absolute Gasteiger partial charge is 0.359 e. The molecule has 2 unspecified atom stereocenters. The summed E-state index contributed by atoms with van der Waals surface area (Å²) in [6.45, 7) is 7.74. The quantitative estimate of drug-likeness (QED) is 0.742. The lowest BCUT2D eigenvalue weighted by molar-refractivity contribution is -0.120. The third kappa shape index (κ3) is 3.82. The van der Waals surface area contributed by atoms with Gasteiger partial charge in [0.25, 0.3) is 0 Å². The van der Waals surface area contributed by atoms with Crippen LogP contribution in [0.4, 0.5) is 0 Å². The second kappa shape index (κ2) is 4.97. The fraction of sp³-hybridized carbons (Fsp3) is 0.917.